The van der Waals surface area contributed by atoms with Gasteiger partial charge in [-0.3, -0.25) is 9.59 Å². The van der Waals surface area contributed by atoms with E-state index in [0.717, 1.165) is 17.7 Å². The van der Waals surface area contributed by atoms with Gasteiger partial charge in [0.05, 0.1) is 24.4 Å². The van der Waals surface area contributed by atoms with E-state index < -0.39 is 24.0 Å². The SMILES string of the molecule is CCOC(=O)C(=O)CC(=O)c1cc(NCCc2ccccc2)cn1Cc1ccc(F)cc1. The topological polar surface area (TPSA) is 77.4 Å². The molecule has 0 spiro atoms. The molecule has 166 valence electrons. The van der Waals surface area contributed by atoms with Gasteiger partial charge in [0.25, 0.3) is 0 Å². The molecular weight excluding hydrogens is 411 g/mol. The first-order valence-corrected chi connectivity index (χ1v) is 10.4. The zero-order valence-corrected chi connectivity index (χ0v) is 17.8. The van der Waals surface area contributed by atoms with Gasteiger partial charge in [-0.05, 0) is 42.7 Å². The van der Waals surface area contributed by atoms with E-state index in [1.54, 1.807) is 35.9 Å². The largest absolute Gasteiger partial charge is 0.460 e. The number of nitrogens with one attached hydrogen (secondary N) is 1. The Kier molecular flexibility index (Phi) is 7.91. The standard InChI is InChI=1S/C25H25FN2O4/c1-2-32-25(31)24(30)15-23(29)22-14-21(27-13-12-18-6-4-3-5-7-18)17-28(22)16-19-8-10-20(26)11-9-19/h3-11,14,17,27H,2,12-13,15-16H2,1H3. The summed E-state index contributed by atoms with van der Waals surface area (Å²) in [6.07, 6.45) is 2.00. The number of ether oxygens (including phenoxy) is 1. The fourth-order valence-electron chi connectivity index (χ4n) is 3.28. The van der Waals surface area contributed by atoms with Gasteiger partial charge in [0.1, 0.15) is 5.82 Å². The molecule has 3 aromatic rings. The van der Waals surface area contributed by atoms with Crippen LogP contribution < -0.4 is 5.32 Å². The molecule has 1 N–H and O–H groups in total. The summed E-state index contributed by atoms with van der Waals surface area (Å²) in [5, 5.41) is 3.29. The summed E-state index contributed by atoms with van der Waals surface area (Å²) < 4.78 is 19.6. The first-order valence-electron chi connectivity index (χ1n) is 10.4. The maximum atomic E-state index is 13.2. The molecule has 0 bridgehead atoms. The summed E-state index contributed by atoms with van der Waals surface area (Å²) in [4.78, 5) is 36.4. The molecule has 0 saturated carbocycles. The number of aromatic nitrogens is 1. The van der Waals surface area contributed by atoms with Crippen LogP contribution in [0.3, 0.4) is 0 Å². The third kappa shape index (κ3) is 6.38. The molecule has 32 heavy (non-hydrogen) atoms. The van der Waals surface area contributed by atoms with Crippen molar-refractivity contribution in [1.29, 1.82) is 0 Å². The predicted octanol–water partition coefficient (Wildman–Crippen LogP) is 4.04. The summed E-state index contributed by atoms with van der Waals surface area (Å²) in [6, 6.07) is 17.6. The summed E-state index contributed by atoms with van der Waals surface area (Å²) in [6.45, 7) is 2.62. The Morgan fingerprint density at radius 3 is 2.41 bits per heavy atom. The van der Waals surface area contributed by atoms with E-state index in [1.807, 2.05) is 30.3 Å². The van der Waals surface area contributed by atoms with Crippen molar-refractivity contribution in [3.63, 3.8) is 0 Å². The lowest BCUT2D eigenvalue weighted by Crippen LogP contribution is -2.22. The van der Waals surface area contributed by atoms with Crippen LogP contribution in [-0.4, -0.2) is 35.3 Å². The minimum Gasteiger partial charge on any atom is -0.460 e. The first-order chi connectivity index (χ1) is 15.5. The van der Waals surface area contributed by atoms with E-state index in [9.17, 15) is 18.8 Å². The number of carbonyl (C=O) groups is 3. The maximum absolute atomic E-state index is 13.2. The Morgan fingerprint density at radius 2 is 1.72 bits per heavy atom. The van der Waals surface area contributed by atoms with Crippen LogP contribution in [0.2, 0.25) is 0 Å². The molecule has 0 amide bonds. The van der Waals surface area contributed by atoms with Crippen molar-refractivity contribution in [2.75, 3.05) is 18.5 Å². The normalized spacial score (nSPS) is 10.6. The monoisotopic (exact) mass is 436 g/mol. The van der Waals surface area contributed by atoms with Crippen molar-refractivity contribution in [3.05, 3.63) is 89.5 Å². The first kappa shape index (κ1) is 22.9. The van der Waals surface area contributed by atoms with Crippen molar-refractivity contribution < 1.29 is 23.5 Å². The number of hydrogen-bond donors (Lipinski definition) is 1. The summed E-state index contributed by atoms with van der Waals surface area (Å²) >= 11 is 0. The average molecular weight is 436 g/mol. The van der Waals surface area contributed by atoms with Gasteiger partial charge in [-0.15, -0.1) is 0 Å². The number of halogens is 1. The van der Waals surface area contributed by atoms with Crippen LogP contribution in [0, 0.1) is 5.82 Å². The quantitative estimate of drug-likeness (QED) is 0.213. The molecule has 2 aromatic carbocycles. The molecule has 0 aliphatic rings. The molecule has 0 saturated heterocycles. The number of Topliss-reactive ketones (excluding diaryl/α,β-unsaturated/α-hetero) is 2. The van der Waals surface area contributed by atoms with E-state index in [1.165, 1.54) is 17.7 Å². The number of rotatable bonds is 11. The third-order valence-electron chi connectivity index (χ3n) is 4.86. The average Bonchev–Trinajstić information content (AvgIpc) is 3.19. The molecule has 7 heteroatoms. The van der Waals surface area contributed by atoms with Gasteiger partial charge in [-0.25, -0.2) is 9.18 Å². The Morgan fingerprint density at radius 1 is 1.00 bits per heavy atom. The van der Waals surface area contributed by atoms with Crippen LogP contribution >= 0.6 is 0 Å². The summed E-state index contributed by atoms with van der Waals surface area (Å²) in [5.41, 5.74) is 2.98. The molecule has 3 rings (SSSR count). The smallest absolute Gasteiger partial charge is 0.375 e. The lowest BCUT2D eigenvalue weighted by molar-refractivity contribution is -0.153. The van der Waals surface area contributed by atoms with Crippen molar-refractivity contribution in [1.82, 2.24) is 4.57 Å². The van der Waals surface area contributed by atoms with Crippen LogP contribution in [0.5, 0.6) is 0 Å². The zero-order valence-electron chi connectivity index (χ0n) is 17.8. The van der Waals surface area contributed by atoms with E-state index >= 15 is 0 Å². The van der Waals surface area contributed by atoms with Crippen LogP contribution in [-0.2, 0) is 27.3 Å². The molecule has 0 aliphatic carbocycles. The van der Waals surface area contributed by atoms with E-state index in [0.29, 0.717) is 13.1 Å². The van der Waals surface area contributed by atoms with Crippen LogP contribution in [0.15, 0.2) is 66.9 Å². The van der Waals surface area contributed by atoms with Crippen LogP contribution in [0.4, 0.5) is 10.1 Å². The summed E-state index contributed by atoms with van der Waals surface area (Å²) in [7, 11) is 0. The molecule has 0 aliphatic heterocycles. The minimum absolute atomic E-state index is 0.0647. The number of hydrogen-bond acceptors (Lipinski definition) is 5. The number of nitrogens with zero attached hydrogens (tertiary/aromatic N) is 1. The lowest BCUT2D eigenvalue weighted by atomic mass is 10.1. The van der Waals surface area contributed by atoms with Crippen molar-refractivity contribution in [3.8, 4) is 0 Å². The molecule has 0 fully saturated rings. The van der Waals surface area contributed by atoms with E-state index in [-0.39, 0.29) is 18.1 Å². The second kappa shape index (κ2) is 11.0. The second-order valence-corrected chi connectivity index (χ2v) is 7.27. The predicted molar refractivity (Wildman–Crippen MR) is 119 cm³/mol. The highest BCUT2D eigenvalue weighted by molar-refractivity contribution is 6.38. The molecule has 1 aromatic heterocycles. The number of ketones is 2. The Bertz CT molecular complexity index is 1080. The number of anilines is 1. The van der Waals surface area contributed by atoms with Gasteiger partial charge in [-0.2, -0.15) is 0 Å². The van der Waals surface area contributed by atoms with Gasteiger partial charge in [0, 0.05) is 19.3 Å². The maximum Gasteiger partial charge on any atom is 0.375 e. The molecule has 0 unspecified atom stereocenters. The van der Waals surface area contributed by atoms with E-state index in [2.05, 4.69) is 10.1 Å². The second-order valence-electron chi connectivity index (χ2n) is 7.27. The van der Waals surface area contributed by atoms with Crippen molar-refractivity contribution in [2.45, 2.75) is 26.3 Å². The molecule has 0 radical (unpaired) electrons. The van der Waals surface area contributed by atoms with Gasteiger partial charge < -0.3 is 14.6 Å². The van der Waals surface area contributed by atoms with Crippen molar-refractivity contribution in [2.24, 2.45) is 0 Å². The highest BCUT2D eigenvalue weighted by atomic mass is 19.1. The number of esters is 1. The molecule has 1 heterocycles. The lowest BCUT2D eigenvalue weighted by Gasteiger charge is -2.08. The molecular formula is C25H25FN2O4. The van der Waals surface area contributed by atoms with Gasteiger partial charge >= 0.3 is 5.97 Å². The number of benzene rings is 2. The van der Waals surface area contributed by atoms with Crippen LogP contribution in [0.1, 0.15) is 35.0 Å². The van der Waals surface area contributed by atoms with Gasteiger partial charge in [0.15, 0.2) is 5.78 Å². The fourth-order valence-corrected chi connectivity index (χ4v) is 3.28. The van der Waals surface area contributed by atoms with Gasteiger partial charge in [-0.1, -0.05) is 42.5 Å². The van der Waals surface area contributed by atoms with E-state index in [4.69, 9.17) is 0 Å². The minimum atomic E-state index is -1.02. The Hall–Kier alpha value is -3.74. The van der Waals surface area contributed by atoms with Gasteiger partial charge in [0.2, 0.25) is 5.78 Å². The fraction of sp³-hybridized carbons (Fsp3) is 0.240. The molecule has 0 atom stereocenters. The third-order valence-corrected chi connectivity index (χ3v) is 4.86. The highest BCUT2D eigenvalue weighted by Gasteiger charge is 2.22. The number of carbonyl (C=O) groups excluding carboxylic acids is 3. The Balaban J connectivity index is 1.75. The van der Waals surface area contributed by atoms with Crippen LogP contribution in [0.25, 0.3) is 0 Å². The van der Waals surface area contributed by atoms with Crippen molar-refractivity contribution >= 4 is 23.2 Å². The zero-order chi connectivity index (χ0) is 22.9. The highest BCUT2D eigenvalue weighted by Crippen LogP contribution is 2.19. The summed E-state index contributed by atoms with van der Waals surface area (Å²) in [5.74, 6) is -2.73. The molecule has 6 nitrogen and oxygen atoms in total. The Labute approximate surface area is 186 Å².